The Bertz CT molecular complexity index is 1090. The Morgan fingerprint density at radius 3 is 2.90 bits per heavy atom. The molecular formula is C24H26FN3OS. The highest BCUT2D eigenvalue weighted by Crippen LogP contribution is 2.44. The van der Waals surface area contributed by atoms with E-state index in [9.17, 15) is 9.18 Å². The van der Waals surface area contributed by atoms with Crippen LogP contribution in [0.5, 0.6) is 0 Å². The molecule has 30 heavy (non-hydrogen) atoms. The van der Waals surface area contributed by atoms with Crippen LogP contribution in [0.25, 0.3) is 5.00 Å². The topological polar surface area (TPSA) is 37.3 Å². The predicted molar refractivity (Wildman–Crippen MR) is 118 cm³/mol. The second-order valence-corrected chi connectivity index (χ2v) is 9.20. The number of hydrogen-bond acceptors (Lipinski definition) is 2. The fraction of sp³-hybridized carbons (Fsp3) is 0.375. The number of benzene rings is 1. The minimum Gasteiger partial charge on any atom is -0.338 e. The summed E-state index contributed by atoms with van der Waals surface area (Å²) in [5.74, 6) is -0.282. The number of aromatic nitrogens is 1. The molecule has 3 heterocycles. The maximum Gasteiger partial charge on any atom is 0.318 e. The maximum absolute atomic E-state index is 14.2. The van der Waals surface area contributed by atoms with Gasteiger partial charge in [-0.3, -0.25) is 0 Å². The second-order valence-electron chi connectivity index (χ2n) is 8.12. The van der Waals surface area contributed by atoms with Crippen molar-refractivity contribution in [2.24, 2.45) is 0 Å². The number of thiophene rings is 1. The molecule has 1 atom stereocenters. The third-order valence-corrected chi connectivity index (χ3v) is 7.46. The van der Waals surface area contributed by atoms with Gasteiger partial charge in [0.05, 0.1) is 18.3 Å². The third-order valence-electron chi connectivity index (χ3n) is 6.13. The van der Waals surface area contributed by atoms with Crippen molar-refractivity contribution in [3.63, 3.8) is 0 Å². The molecule has 0 radical (unpaired) electrons. The molecule has 0 spiro atoms. The molecular weight excluding hydrogens is 397 g/mol. The van der Waals surface area contributed by atoms with Crippen LogP contribution in [0.1, 0.15) is 59.5 Å². The summed E-state index contributed by atoms with van der Waals surface area (Å²) in [6.07, 6.45) is 7.59. The average molecular weight is 424 g/mol. The van der Waals surface area contributed by atoms with E-state index in [-0.39, 0.29) is 17.9 Å². The van der Waals surface area contributed by atoms with Crippen LogP contribution >= 0.6 is 11.3 Å². The molecule has 5 rings (SSSR count). The maximum atomic E-state index is 14.2. The summed E-state index contributed by atoms with van der Waals surface area (Å²) in [5.41, 5.74) is 4.49. The molecule has 1 aromatic carbocycles. The van der Waals surface area contributed by atoms with Crippen molar-refractivity contribution in [2.75, 3.05) is 6.54 Å². The van der Waals surface area contributed by atoms with E-state index in [1.54, 1.807) is 12.1 Å². The van der Waals surface area contributed by atoms with Gasteiger partial charge in [0.2, 0.25) is 0 Å². The van der Waals surface area contributed by atoms with Crippen molar-refractivity contribution < 1.29 is 9.18 Å². The summed E-state index contributed by atoms with van der Waals surface area (Å²) >= 11 is 1.86. The molecule has 2 aromatic heterocycles. The van der Waals surface area contributed by atoms with Gasteiger partial charge < -0.3 is 14.8 Å². The van der Waals surface area contributed by atoms with E-state index in [0.717, 1.165) is 30.5 Å². The number of halogens is 1. The van der Waals surface area contributed by atoms with E-state index in [0.29, 0.717) is 13.1 Å². The van der Waals surface area contributed by atoms with Gasteiger partial charge in [0.1, 0.15) is 10.8 Å². The van der Waals surface area contributed by atoms with Crippen LogP contribution in [0.3, 0.4) is 0 Å². The minimum atomic E-state index is -0.341. The Kier molecular flexibility index (Phi) is 5.11. The van der Waals surface area contributed by atoms with E-state index >= 15 is 0 Å². The standard InChI is InChI=1S/C24H26FN3OS/c1-2-12-26-24(29)28-15-19-18-9-3-4-11-21(18)30-23(19)27-13-6-10-20(27)22(28)16-7-5-8-17(25)14-16/h5-8,10,13-14,22H,2-4,9,11-12,15H2,1H3,(H,26,29). The van der Waals surface area contributed by atoms with E-state index in [2.05, 4.69) is 22.1 Å². The Morgan fingerprint density at radius 1 is 1.20 bits per heavy atom. The van der Waals surface area contributed by atoms with Crippen LogP contribution < -0.4 is 5.32 Å². The summed E-state index contributed by atoms with van der Waals surface area (Å²) in [4.78, 5) is 16.7. The second kappa shape index (κ2) is 7.91. The molecule has 2 amide bonds. The van der Waals surface area contributed by atoms with Crippen LogP contribution in [0.15, 0.2) is 42.6 Å². The number of nitrogens with zero attached hydrogens (tertiary/aromatic N) is 2. The number of rotatable bonds is 3. The number of aryl methyl sites for hydroxylation is 1. The number of amides is 2. The largest absolute Gasteiger partial charge is 0.338 e. The number of nitrogens with one attached hydrogen (secondary N) is 1. The van der Waals surface area contributed by atoms with Crippen molar-refractivity contribution in [1.82, 2.24) is 14.8 Å². The highest BCUT2D eigenvalue weighted by molar-refractivity contribution is 7.15. The zero-order valence-electron chi connectivity index (χ0n) is 17.2. The summed E-state index contributed by atoms with van der Waals surface area (Å²) in [7, 11) is 0. The molecule has 0 saturated heterocycles. The average Bonchev–Trinajstić information content (AvgIpc) is 3.34. The first-order chi connectivity index (χ1) is 14.7. The highest BCUT2D eigenvalue weighted by Gasteiger charge is 2.36. The molecule has 1 aliphatic carbocycles. The van der Waals surface area contributed by atoms with E-state index < -0.39 is 0 Å². The normalized spacial score (nSPS) is 17.7. The Morgan fingerprint density at radius 2 is 2.07 bits per heavy atom. The van der Waals surface area contributed by atoms with Crippen molar-refractivity contribution in [1.29, 1.82) is 0 Å². The first-order valence-electron chi connectivity index (χ1n) is 10.8. The van der Waals surface area contributed by atoms with Gasteiger partial charge in [-0.15, -0.1) is 11.3 Å². The molecule has 1 aliphatic heterocycles. The lowest BCUT2D eigenvalue weighted by molar-refractivity contribution is 0.180. The van der Waals surface area contributed by atoms with Crippen molar-refractivity contribution in [3.05, 3.63) is 75.7 Å². The van der Waals surface area contributed by atoms with Gasteiger partial charge in [0.15, 0.2) is 0 Å². The van der Waals surface area contributed by atoms with E-state index in [4.69, 9.17) is 0 Å². The summed E-state index contributed by atoms with van der Waals surface area (Å²) < 4.78 is 16.4. The van der Waals surface area contributed by atoms with Gasteiger partial charge in [0.25, 0.3) is 0 Å². The lowest BCUT2D eigenvalue weighted by Crippen LogP contribution is -2.42. The fourth-order valence-corrected chi connectivity index (χ4v) is 6.15. The third kappa shape index (κ3) is 3.23. The molecule has 1 N–H and O–H groups in total. The minimum absolute atomic E-state index is 0.0949. The van der Waals surface area contributed by atoms with Crippen LogP contribution in [-0.2, 0) is 19.4 Å². The van der Waals surface area contributed by atoms with Crippen LogP contribution in [0.2, 0.25) is 0 Å². The first-order valence-corrected chi connectivity index (χ1v) is 11.6. The quantitative estimate of drug-likeness (QED) is 0.587. The fourth-order valence-electron chi connectivity index (χ4n) is 4.75. The number of fused-ring (bicyclic) bond motifs is 5. The molecule has 3 aromatic rings. The molecule has 1 unspecified atom stereocenters. The van der Waals surface area contributed by atoms with Gasteiger partial charge in [-0.2, -0.15) is 0 Å². The van der Waals surface area contributed by atoms with Gasteiger partial charge in [-0.05, 0) is 67.5 Å². The highest BCUT2D eigenvalue weighted by atomic mass is 32.1. The molecule has 0 saturated carbocycles. The SMILES string of the molecule is CCCNC(=O)N1Cc2c(sc3c2CCCC3)-n2cccc2C1c1cccc(F)c1. The van der Waals surface area contributed by atoms with Gasteiger partial charge in [0, 0.05) is 23.2 Å². The van der Waals surface area contributed by atoms with Crippen molar-refractivity contribution in [2.45, 2.75) is 51.6 Å². The zero-order chi connectivity index (χ0) is 20.7. The first kappa shape index (κ1) is 19.4. The molecule has 0 fully saturated rings. The molecule has 156 valence electrons. The number of carbonyl (C=O) groups excluding carboxylic acids is 1. The molecule has 2 aliphatic rings. The van der Waals surface area contributed by atoms with Gasteiger partial charge in [-0.1, -0.05) is 19.1 Å². The molecule has 0 bridgehead atoms. The number of urea groups is 1. The van der Waals surface area contributed by atoms with E-state index in [1.807, 2.05) is 35.3 Å². The smallest absolute Gasteiger partial charge is 0.318 e. The Labute approximate surface area is 180 Å². The van der Waals surface area contributed by atoms with Crippen molar-refractivity contribution >= 4 is 17.4 Å². The van der Waals surface area contributed by atoms with Gasteiger partial charge in [-0.25, -0.2) is 9.18 Å². The molecule has 4 nitrogen and oxygen atoms in total. The molecule has 6 heteroatoms. The number of hydrogen-bond donors (Lipinski definition) is 1. The summed E-state index contributed by atoms with van der Waals surface area (Å²) in [5, 5.41) is 4.27. The van der Waals surface area contributed by atoms with Crippen LogP contribution in [0, 0.1) is 5.82 Å². The monoisotopic (exact) mass is 423 g/mol. The van der Waals surface area contributed by atoms with Gasteiger partial charge >= 0.3 is 6.03 Å². The zero-order valence-corrected chi connectivity index (χ0v) is 18.0. The van der Waals surface area contributed by atoms with E-state index in [1.165, 1.54) is 39.9 Å². The lowest BCUT2D eigenvalue weighted by Gasteiger charge is -2.31. The Hall–Kier alpha value is -2.60. The predicted octanol–water partition coefficient (Wildman–Crippen LogP) is 5.58. The number of carbonyl (C=O) groups is 1. The lowest BCUT2D eigenvalue weighted by atomic mass is 9.95. The summed E-state index contributed by atoms with van der Waals surface area (Å²) in [6, 6.07) is 10.3. The Balaban J connectivity index is 1.69. The van der Waals surface area contributed by atoms with Crippen LogP contribution in [-0.4, -0.2) is 22.0 Å². The van der Waals surface area contributed by atoms with Crippen LogP contribution in [0.4, 0.5) is 9.18 Å². The van der Waals surface area contributed by atoms with Crippen molar-refractivity contribution in [3.8, 4) is 5.00 Å². The summed E-state index contributed by atoms with van der Waals surface area (Å²) in [6.45, 7) is 3.21.